The summed E-state index contributed by atoms with van der Waals surface area (Å²) in [5, 5.41) is 15.0. The van der Waals surface area contributed by atoms with Crippen molar-refractivity contribution in [2.24, 2.45) is 4.99 Å². The molecule has 180 valence electrons. The summed E-state index contributed by atoms with van der Waals surface area (Å²) in [6.45, 7) is 13.0. The zero-order chi connectivity index (χ0) is 22.2. The van der Waals surface area contributed by atoms with E-state index >= 15 is 0 Å². The van der Waals surface area contributed by atoms with E-state index in [0.717, 1.165) is 83.5 Å². The largest absolute Gasteiger partial charge is 0.382 e. The number of halogens is 1. The SMILES string of the molecule is CCOCCCNC(=NCCCN(CC)c1ccccc1)NCCn1cnnc1CC.I. The van der Waals surface area contributed by atoms with E-state index in [9.17, 15) is 0 Å². The van der Waals surface area contributed by atoms with Crippen molar-refractivity contribution in [1.82, 2.24) is 25.4 Å². The predicted octanol–water partition coefficient (Wildman–Crippen LogP) is 3.34. The highest BCUT2D eigenvalue weighted by Gasteiger charge is 2.05. The summed E-state index contributed by atoms with van der Waals surface area (Å²) < 4.78 is 7.51. The van der Waals surface area contributed by atoms with Gasteiger partial charge in [-0.05, 0) is 38.8 Å². The van der Waals surface area contributed by atoms with Gasteiger partial charge in [-0.15, -0.1) is 34.2 Å². The zero-order valence-corrected chi connectivity index (χ0v) is 22.1. The standard InChI is InChI=1S/C23H39N7O.HI/c1-4-22-28-27-20-30(22)18-16-26-23(25-15-11-19-31-6-3)24-14-10-17-29(5-2)21-12-8-7-9-13-21;/h7-9,12-13,20H,4-6,10-11,14-19H2,1-3H3,(H2,24,25,26);1H. The fourth-order valence-electron chi connectivity index (χ4n) is 3.29. The lowest BCUT2D eigenvalue weighted by Gasteiger charge is -2.22. The van der Waals surface area contributed by atoms with Crippen molar-refractivity contribution in [2.75, 3.05) is 50.8 Å². The number of benzene rings is 1. The van der Waals surface area contributed by atoms with Gasteiger partial charge in [-0.2, -0.15) is 0 Å². The summed E-state index contributed by atoms with van der Waals surface area (Å²) >= 11 is 0. The monoisotopic (exact) mass is 557 g/mol. The Labute approximate surface area is 210 Å². The summed E-state index contributed by atoms with van der Waals surface area (Å²) in [7, 11) is 0. The van der Waals surface area contributed by atoms with E-state index < -0.39 is 0 Å². The third-order valence-corrected chi connectivity index (χ3v) is 4.98. The Bertz CT molecular complexity index is 739. The van der Waals surface area contributed by atoms with E-state index in [1.807, 2.05) is 6.92 Å². The van der Waals surface area contributed by atoms with E-state index in [0.29, 0.717) is 0 Å². The molecule has 2 rings (SSSR count). The van der Waals surface area contributed by atoms with E-state index in [2.05, 4.69) is 74.5 Å². The summed E-state index contributed by atoms with van der Waals surface area (Å²) in [5.74, 6) is 1.86. The average Bonchev–Trinajstić information content (AvgIpc) is 3.26. The van der Waals surface area contributed by atoms with Crippen LogP contribution in [0.15, 0.2) is 41.7 Å². The number of hydrogen-bond donors (Lipinski definition) is 2. The Balaban J connectivity index is 0.00000512. The summed E-state index contributed by atoms with van der Waals surface area (Å²) in [4.78, 5) is 7.17. The first-order chi connectivity index (χ1) is 15.3. The number of guanidine groups is 1. The average molecular weight is 558 g/mol. The number of rotatable bonds is 15. The molecule has 1 aromatic heterocycles. The van der Waals surface area contributed by atoms with Crippen molar-refractivity contribution in [3.8, 4) is 0 Å². The quantitative estimate of drug-likeness (QED) is 0.151. The molecular formula is C23H40IN7O. The normalized spacial score (nSPS) is 11.2. The van der Waals surface area contributed by atoms with Crippen molar-refractivity contribution in [1.29, 1.82) is 0 Å². The van der Waals surface area contributed by atoms with Gasteiger partial charge in [0.2, 0.25) is 0 Å². The Kier molecular flexibility index (Phi) is 15.5. The molecule has 1 heterocycles. The maximum atomic E-state index is 5.43. The third-order valence-electron chi connectivity index (χ3n) is 4.98. The molecule has 0 saturated carbocycles. The molecule has 1 aromatic carbocycles. The minimum Gasteiger partial charge on any atom is -0.382 e. The lowest BCUT2D eigenvalue weighted by atomic mass is 10.2. The third kappa shape index (κ3) is 10.6. The molecule has 0 bridgehead atoms. The van der Waals surface area contributed by atoms with Crippen LogP contribution in [0.1, 0.15) is 39.4 Å². The molecule has 0 aliphatic carbocycles. The van der Waals surface area contributed by atoms with E-state index in [-0.39, 0.29) is 24.0 Å². The fraction of sp³-hybridized carbons (Fsp3) is 0.609. The number of aliphatic imine (C=N–C) groups is 1. The number of para-hydroxylation sites is 1. The number of nitrogens with zero attached hydrogens (tertiary/aromatic N) is 5. The maximum absolute atomic E-state index is 5.43. The van der Waals surface area contributed by atoms with Crippen molar-refractivity contribution in [3.63, 3.8) is 0 Å². The van der Waals surface area contributed by atoms with Gasteiger partial charge in [0.05, 0.1) is 0 Å². The molecule has 32 heavy (non-hydrogen) atoms. The van der Waals surface area contributed by atoms with Crippen molar-refractivity contribution >= 4 is 35.6 Å². The Morgan fingerprint density at radius 2 is 1.88 bits per heavy atom. The lowest BCUT2D eigenvalue weighted by Crippen LogP contribution is -2.40. The number of aryl methyl sites for hydroxylation is 1. The van der Waals surface area contributed by atoms with Gasteiger partial charge in [0.15, 0.2) is 5.96 Å². The first-order valence-electron chi connectivity index (χ1n) is 11.5. The maximum Gasteiger partial charge on any atom is 0.191 e. The second kappa shape index (κ2) is 17.6. The molecule has 0 saturated heterocycles. The first kappa shape index (κ1) is 28.2. The van der Waals surface area contributed by atoms with Gasteiger partial charge >= 0.3 is 0 Å². The van der Waals surface area contributed by atoms with Crippen LogP contribution in [0.25, 0.3) is 0 Å². The van der Waals surface area contributed by atoms with Crippen molar-refractivity contribution in [3.05, 3.63) is 42.5 Å². The number of ether oxygens (including phenoxy) is 1. The first-order valence-corrected chi connectivity index (χ1v) is 11.5. The van der Waals surface area contributed by atoms with Crippen LogP contribution in [0.3, 0.4) is 0 Å². The van der Waals surface area contributed by atoms with Crippen LogP contribution in [-0.2, 0) is 17.7 Å². The smallest absolute Gasteiger partial charge is 0.191 e. The topological polar surface area (TPSA) is 79.6 Å². The molecule has 0 fully saturated rings. The van der Waals surface area contributed by atoms with E-state index in [1.165, 1.54) is 5.69 Å². The van der Waals surface area contributed by atoms with Crippen LogP contribution < -0.4 is 15.5 Å². The van der Waals surface area contributed by atoms with Gasteiger partial charge < -0.3 is 24.8 Å². The van der Waals surface area contributed by atoms with Gasteiger partial charge in [0, 0.05) is 64.6 Å². The molecule has 0 unspecified atom stereocenters. The van der Waals surface area contributed by atoms with Crippen molar-refractivity contribution in [2.45, 2.75) is 46.6 Å². The molecule has 9 heteroatoms. The van der Waals surface area contributed by atoms with Gasteiger partial charge in [-0.3, -0.25) is 4.99 Å². The number of nitrogens with one attached hydrogen (secondary N) is 2. The Morgan fingerprint density at radius 3 is 2.59 bits per heavy atom. The second-order valence-electron chi connectivity index (χ2n) is 7.20. The minimum absolute atomic E-state index is 0. The molecule has 0 aliphatic heterocycles. The minimum atomic E-state index is 0. The second-order valence-corrected chi connectivity index (χ2v) is 7.20. The number of aromatic nitrogens is 3. The van der Waals surface area contributed by atoms with Gasteiger partial charge in [-0.25, -0.2) is 0 Å². The molecule has 0 spiro atoms. The molecule has 8 nitrogen and oxygen atoms in total. The zero-order valence-electron chi connectivity index (χ0n) is 19.8. The van der Waals surface area contributed by atoms with Crippen LogP contribution in [0.4, 0.5) is 5.69 Å². The van der Waals surface area contributed by atoms with Crippen LogP contribution in [0.2, 0.25) is 0 Å². The highest BCUT2D eigenvalue weighted by atomic mass is 127. The predicted molar refractivity (Wildman–Crippen MR) is 143 cm³/mol. The summed E-state index contributed by atoms with van der Waals surface area (Å²) in [6.07, 6.45) is 4.62. The molecule has 0 aliphatic rings. The highest BCUT2D eigenvalue weighted by molar-refractivity contribution is 14.0. The molecular weight excluding hydrogens is 517 g/mol. The van der Waals surface area contributed by atoms with Crippen LogP contribution in [0.5, 0.6) is 0 Å². The lowest BCUT2D eigenvalue weighted by molar-refractivity contribution is 0.145. The molecule has 2 aromatic rings. The summed E-state index contributed by atoms with van der Waals surface area (Å²) in [6, 6.07) is 10.6. The van der Waals surface area contributed by atoms with Crippen LogP contribution in [0, 0.1) is 0 Å². The summed E-state index contributed by atoms with van der Waals surface area (Å²) in [5.41, 5.74) is 1.27. The Hall–Kier alpha value is -1.88. The van der Waals surface area contributed by atoms with Crippen molar-refractivity contribution < 1.29 is 4.74 Å². The molecule has 0 atom stereocenters. The van der Waals surface area contributed by atoms with E-state index in [1.54, 1.807) is 6.33 Å². The highest BCUT2D eigenvalue weighted by Crippen LogP contribution is 2.12. The molecule has 0 amide bonds. The van der Waals surface area contributed by atoms with E-state index in [4.69, 9.17) is 9.73 Å². The number of anilines is 1. The van der Waals surface area contributed by atoms with Crippen LogP contribution >= 0.6 is 24.0 Å². The molecule has 2 N–H and O–H groups in total. The van der Waals surface area contributed by atoms with Gasteiger partial charge in [0.25, 0.3) is 0 Å². The van der Waals surface area contributed by atoms with Gasteiger partial charge in [0.1, 0.15) is 12.2 Å². The fourth-order valence-corrected chi connectivity index (χ4v) is 3.29. The van der Waals surface area contributed by atoms with Gasteiger partial charge in [-0.1, -0.05) is 25.1 Å². The number of hydrogen-bond acceptors (Lipinski definition) is 5. The van der Waals surface area contributed by atoms with Crippen LogP contribution in [-0.4, -0.2) is 66.7 Å². The Morgan fingerprint density at radius 1 is 1.09 bits per heavy atom. The molecule has 0 radical (unpaired) electrons.